The van der Waals surface area contributed by atoms with Crippen LogP contribution in [0.5, 0.6) is 0 Å². The van der Waals surface area contributed by atoms with E-state index in [0.29, 0.717) is 19.0 Å². The lowest BCUT2D eigenvalue weighted by Crippen LogP contribution is -2.49. The number of hydrogen-bond donors (Lipinski definition) is 3. The van der Waals surface area contributed by atoms with Crippen LogP contribution < -0.4 is 16.0 Å². The van der Waals surface area contributed by atoms with Gasteiger partial charge in [-0.25, -0.2) is 9.79 Å². The standard InChI is InChI=1S/C18H33N5O3.HI/c1-6-8-9-14(12-21-17(24)26-18(3,4)5)22-16(19-7-2)20-13-15-10-11-25-23-15;/h10-11,14H,6-9,12-13H2,1-5H3,(H,21,24)(H2,19,20,22);1H. The number of nitrogens with one attached hydrogen (secondary N) is 3. The van der Waals surface area contributed by atoms with Crippen LogP contribution in [-0.4, -0.2) is 41.9 Å². The number of rotatable bonds is 9. The van der Waals surface area contributed by atoms with Crippen LogP contribution in [0.4, 0.5) is 4.79 Å². The molecule has 0 aliphatic heterocycles. The molecule has 0 saturated carbocycles. The maximum atomic E-state index is 11.9. The van der Waals surface area contributed by atoms with Gasteiger partial charge in [-0.05, 0) is 34.1 Å². The fourth-order valence-corrected chi connectivity index (χ4v) is 2.19. The minimum atomic E-state index is -0.510. The molecule has 1 aromatic rings. The Morgan fingerprint density at radius 2 is 2.07 bits per heavy atom. The molecule has 3 N–H and O–H groups in total. The van der Waals surface area contributed by atoms with Crippen LogP contribution in [0.2, 0.25) is 0 Å². The number of carbonyl (C=O) groups is 1. The Hall–Kier alpha value is -1.52. The van der Waals surface area contributed by atoms with E-state index in [1.54, 1.807) is 6.07 Å². The Bertz CT molecular complexity index is 544. The van der Waals surface area contributed by atoms with Gasteiger partial charge in [0.1, 0.15) is 17.6 Å². The van der Waals surface area contributed by atoms with Crippen LogP contribution in [0.1, 0.15) is 59.6 Å². The molecule has 0 aliphatic rings. The summed E-state index contributed by atoms with van der Waals surface area (Å²) in [6.45, 7) is 11.3. The Kier molecular flexibility index (Phi) is 12.9. The first-order chi connectivity index (χ1) is 12.3. The second-order valence-corrected chi connectivity index (χ2v) is 7.05. The van der Waals surface area contributed by atoms with Crippen molar-refractivity contribution in [1.29, 1.82) is 0 Å². The molecule has 0 aliphatic carbocycles. The summed E-state index contributed by atoms with van der Waals surface area (Å²) in [4.78, 5) is 16.4. The monoisotopic (exact) mass is 495 g/mol. The number of guanidine groups is 1. The smallest absolute Gasteiger partial charge is 0.407 e. The number of alkyl carbamates (subject to hydrolysis) is 1. The number of amides is 1. The molecular formula is C18H34IN5O3. The fourth-order valence-electron chi connectivity index (χ4n) is 2.19. The van der Waals surface area contributed by atoms with Gasteiger partial charge in [-0.15, -0.1) is 24.0 Å². The molecule has 156 valence electrons. The lowest BCUT2D eigenvalue weighted by atomic mass is 10.1. The molecule has 0 spiro atoms. The molecular weight excluding hydrogens is 461 g/mol. The van der Waals surface area contributed by atoms with Crippen molar-refractivity contribution in [3.63, 3.8) is 0 Å². The molecule has 1 atom stereocenters. The number of aromatic nitrogens is 1. The van der Waals surface area contributed by atoms with E-state index in [0.717, 1.165) is 31.5 Å². The lowest BCUT2D eigenvalue weighted by Gasteiger charge is -2.24. The quantitative estimate of drug-likeness (QED) is 0.276. The molecule has 1 aromatic heterocycles. The predicted molar refractivity (Wildman–Crippen MR) is 117 cm³/mol. The topological polar surface area (TPSA) is 101 Å². The molecule has 1 rings (SSSR count). The average molecular weight is 495 g/mol. The number of unbranched alkanes of at least 4 members (excludes halogenated alkanes) is 1. The van der Waals surface area contributed by atoms with Gasteiger partial charge in [0, 0.05) is 25.2 Å². The molecule has 0 bridgehead atoms. The van der Waals surface area contributed by atoms with E-state index in [1.165, 1.54) is 6.26 Å². The third-order valence-corrected chi connectivity index (χ3v) is 3.37. The summed E-state index contributed by atoms with van der Waals surface area (Å²) in [5.74, 6) is 0.683. The zero-order chi connectivity index (χ0) is 19.4. The molecule has 8 nitrogen and oxygen atoms in total. The first-order valence-electron chi connectivity index (χ1n) is 9.25. The van der Waals surface area contributed by atoms with Gasteiger partial charge in [0.05, 0.1) is 6.54 Å². The highest BCUT2D eigenvalue weighted by Crippen LogP contribution is 2.07. The third-order valence-electron chi connectivity index (χ3n) is 3.37. The Morgan fingerprint density at radius 3 is 2.63 bits per heavy atom. The van der Waals surface area contributed by atoms with E-state index >= 15 is 0 Å². The number of hydrogen-bond acceptors (Lipinski definition) is 5. The van der Waals surface area contributed by atoms with Crippen molar-refractivity contribution >= 4 is 36.0 Å². The maximum Gasteiger partial charge on any atom is 0.407 e. The van der Waals surface area contributed by atoms with Crippen molar-refractivity contribution in [2.45, 2.75) is 72.1 Å². The number of ether oxygens (including phenoxy) is 1. The molecule has 1 amide bonds. The fraction of sp³-hybridized carbons (Fsp3) is 0.722. The van der Waals surface area contributed by atoms with Gasteiger partial charge in [0.15, 0.2) is 5.96 Å². The second kappa shape index (κ2) is 13.6. The first kappa shape index (κ1) is 25.5. The van der Waals surface area contributed by atoms with Crippen LogP contribution in [0.25, 0.3) is 0 Å². The summed E-state index contributed by atoms with van der Waals surface area (Å²) in [6, 6.07) is 1.84. The molecule has 0 saturated heterocycles. The molecule has 0 radical (unpaired) electrons. The minimum Gasteiger partial charge on any atom is -0.444 e. The Balaban J connectivity index is 0.00000676. The zero-order valence-corrected chi connectivity index (χ0v) is 19.3. The highest BCUT2D eigenvalue weighted by molar-refractivity contribution is 14.0. The van der Waals surface area contributed by atoms with E-state index in [2.05, 4.69) is 33.0 Å². The minimum absolute atomic E-state index is 0. The number of aliphatic imine (C=N–C) groups is 1. The largest absolute Gasteiger partial charge is 0.444 e. The third kappa shape index (κ3) is 12.5. The van der Waals surface area contributed by atoms with Crippen molar-refractivity contribution in [2.75, 3.05) is 13.1 Å². The first-order valence-corrected chi connectivity index (χ1v) is 9.25. The summed E-state index contributed by atoms with van der Waals surface area (Å²) in [5, 5.41) is 13.3. The molecule has 9 heteroatoms. The van der Waals surface area contributed by atoms with Gasteiger partial charge >= 0.3 is 6.09 Å². The summed E-state index contributed by atoms with van der Waals surface area (Å²) >= 11 is 0. The van der Waals surface area contributed by atoms with E-state index in [9.17, 15) is 4.79 Å². The van der Waals surface area contributed by atoms with Crippen molar-refractivity contribution in [3.05, 3.63) is 18.0 Å². The van der Waals surface area contributed by atoms with Crippen LogP contribution in [0.3, 0.4) is 0 Å². The van der Waals surface area contributed by atoms with Gasteiger partial charge in [-0.2, -0.15) is 0 Å². The highest BCUT2D eigenvalue weighted by atomic mass is 127. The lowest BCUT2D eigenvalue weighted by molar-refractivity contribution is 0.0523. The van der Waals surface area contributed by atoms with Gasteiger partial charge in [0.2, 0.25) is 0 Å². The average Bonchev–Trinajstić information content (AvgIpc) is 3.07. The van der Waals surface area contributed by atoms with E-state index < -0.39 is 11.7 Å². The number of nitrogens with zero attached hydrogens (tertiary/aromatic N) is 2. The SMILES string of the molecule is CCCCC(CNC(=O)OC(C)(C)C)NC(=NCc1ccon1)NCC.I. The zero-order valence-electron chi connectivity index (χ0n) is 17.0. The van der Waals surface area contributed by atoms with Gasteiger partial charge < -0.3 is 25.2 Å². The second-order valence-electron chi connectivity index (χ2n) is 7.05. The maximum absolute atomic E-state index is 11.9. The number of halogens is 1. The van der Waals surface area contributed by atoms with Crippen LogP contribution in [0.15, 0.2) is 21.8 Å². The summed E-state index contributed by atoms with van der Waals surface area (Å²) in [7, 11) is 0. The van der Waals surface area contributed by atoms with Crippen molar-refractivity contribution < 1.29 is 14.1 Å². The summed E-state index contributed by atoms with van der Waals surface area (Å²) < 4.78 is 10.1. The van der Waals surface area contributed by atoms with Crippen molar-refractivity contribution in [3.8, 4) is 0 Å². The molecule has 0 fully saturated rings. The number of carbonyl (C=O) groups excluding carboxylic acids is 1. The van der Waals surface area contributed by atoms with Crippen LogP contribution in [0, 0.1) is 0 Å². The highest BCUT2D eigenvalue weighted by Gasteiger charge is 2.18. The predicted octanol–water partition coefficient (Wildman–Crippen LogP) is 3.43. The molecule has 27 heavy (non-hydrogen) atoms. The van der Waals surface area contributed by atoms with Crippen LogP contribution >= 0.6 is 24.0 Å². The van der Waals surface area contributed by atoms with E-state index in [4.69, 9.17) is 9.26 Å². The van der Waals surface area contributed by atoms with E-state index in [-0.39, 0.29) is 30.0 Å². The summed E-state index contributed by atoms with van der Waals surface area (Å²) in [6.07, 6.45) is 4.17. The Labute approximate surface area is 179 Å². The van der Waals surface area contributed by atoms with Crippen molar-refractivity contribution in [1.82, 2.24) is 21.1 Å². The molecule has 1 unspecified atom stereocenters. The summed E-state index contributed by atoms with van der Waals surface area (Å²) in [5.41, 5.74) is 0.254. The molecule has 1 heterocycles. The molecule has 0 aromatic carbocycles. The van der Waals surface area contributed by atoms with Gasteiger partial charge in [-0.3, -0.25) is 0 Å². The van der Waals surface area contributed by atoms with Crippen molar-refractivity contribution in [2.24, 2.45) is 4.99 Å². The van der Waals surface area contributed by atoms with E-state index in [1.807, 2.05) is 27.7 Å². The Morgan fingerprint density at radius 1 is 1.33 bits per heavy atom. The van der Waals surface area contributed by atoms with Gasteiger partial charge in [-0.1, -0.05) is 24.9 Å². The normalized spacial score (nSPS) is 12.7. The van der Waals surface area contributed by atoms with Gasteiger partial charge in [0.25, 0.3) is 0 Å². The van der Waals surface area contributed by atoms with Crippen LogP contribution in [-0.2, 0) is 11.3 Å².